The number of aromatic nitrogens is 1. The van der Waals surface area contributed by atoms with Crippen LogP contribution in [0.4, 0.5) is 5.82 Å². The molecule has 1 aromatic rings. The number of guanidine groups is 1. The minimum atomic E-state index is 0.0256. The molecule has 0 N–H and O–H groups in total. The Morgan fingerprint density at radius 3 is 2.80 bits per heavy atom. The highest BCUT2D eigenvalue weighted by atomic mass is 16.2. The highest BCUT2D eigenvalue weighted by molar-refractivity contribution is 6.18. The zero-order valence-electron chi connectivity index (χ0n) is 11.3. The Morgan fingerprint density at radius 2 is 1.95 bits per heavy atom. The summed E-state index contributed by atoms with van der Waals surface area (Å²) in [6.45, 7) is 3.35. The summed E-state index contributed by atoms with van der Waals surface area (Å²) in [6, 6.07) is 3.68. The molecule has 6 nitrogen and oxygen atoms in total. The molecule has 0 spiro atoms. The Morgan fingerprint density at radius 1 is 1.10 bits per heavy atom. The summed E-state index contributed by atoms with van der Waals surface area (Å²) < 4.78 is 0. The smallest absolute Gasteiger partial charge is 0.264 e. The van der Waals surface area contributed by atoms with Crippen molar-refractivity contribution < 1.29 is 4.79 Å². The fourth-order valence-electron chi connectivity index (χ4n) is 3.12. The van der Waals surface area contributed by atoms with Gasteiger partial charge in [-0.15, -0.1) is 0 Å². The van der Waals surface area contributed by atoms with Gasteiger partial charge in [-0.2, -0.15) is 0 Å². The van der Waals surface area contributed by atoms with Gasteiger partial charge in [-0.1, -0.05) is 6.42 Å². The fourth-order valence-corrected chi connectivity index (χ4v) is 3.12. The average Bonchev–Trinajstić information content (AvgIpc) is 2.98. The van der Waals surface area contributed by atoms with Crippen LogP contribution >= 0.6 is 0 Å². The van der Waals surface area contributed by atoms with Crippen LogP contribution in [-0.2, 0) is 0 Å². The van der Waals surface area contributed by atoms with E-state index in [1.54, 1.807) is 11.1 Å². The van der Waals surface area contributed by atoms with Crippen LogP contribution in [0.3, 0.4) is 0 Å². The standard InChI is InChI=1S/C14H17N5O/c20-13-11-5-4-6-15-12(11)19(14-16-7-10-18(13)14)17-8-2-1-3-9-17/h4-6H,1-3,7-10H2. The summed E-state index contributed by atoms with van der Waals surface area (Å²) >= 11 is 0. The number of aliphatic imine (C=N–C) groups is 1. The van der Waals surface area contributed by atoms with Crippen molar-refractivity contribution in [3.8, 4) is 0 Å². The first-order valence-electron chi connectivity index (χ1n) is 7.22. The van der Waals surface area contributed by atoms with Crippen molar-refractivity contribution in [1.29, 1.82) is 0 Å². The van der Waals surface area contributed by atoms with E-state index >= 15 is 0 Å². The van der Waals surface area contributed by atoms with Crippen LogP contribution in [0.1, 0.15) is 29.6 Å². The Balaban J connectivity index is 1.82. The minimum Gasteiger partial charge on any atom is -0.275 e. The van der Waals surface area contributed by atoms with E-state index in [1.165, 1.54) is 19.3 Å². The molecule has 1 saturated heterocycles. The maximum atomic E-state index is 12.5. The molecular weight excluding hydrogens is 254 g/mol. The van der Waals surface area contributed by atoms with E-state index in [0.717, 1.165) is 24.9 Å². The van der Waals surface area contributed by atoms with Crippen LogP contribution in [0.2, 0.25) is 0 Å². The van der Waals surface area contributed by atoms with Gasteiger partial charge in [0.25, 0.3) is 5.91 Å². The lowest BCUT2D eigenvalue weighted by Gasteiger charge is -2.42. The number of rotatable bonds is 1. The van der Waals surface area contributed by atoms with Gasteiger partial charge in [-0.25, -0.2) is 20.0 Å². The molecule has 0 aromatic carbocycles. The molecule has 4 heterocycles. The normalized spacial score (nSPS) is 22.6. The van der Waals surface area contributed by atoms with E-state index < -0.39 is 0 Å². The molecule has 0 radical (unpaired) electrons. The van der Waals surface area contributed by atoms with Crippen molar-refractivity contribution in [2.45, 2.75) is 19.3 Å². The number of anilines is 1. The van der Waals surface area contributed by atoms with Crippen LogP contribution in [0.25, 0.3) is 0 Å². The lowest BCUT2D eigenvalue weighted by molar-refractivity contribution is 0.0839. The van der Waals surface area contributed by atoms with E-state index in [1.807, 2.05) is 12.1 Å². The number of hydrazine groups is 1. The van der Waals surface area contributed by atoms with E-state index in [0.29, 0.717) is 18.7 Å². The van der Waals surface area contributed by atoms with Gasteiger partial charge in [0.2, 0.25) is 5.96 Å². The van der Waals surface area contributed by atoms with Crippen LogP contribution in [0.5, 0.6) is 0 Å². The molecule has 0 bridgehead atoms. The molecule has 0 aliphatic carbocycles. The number of hydrogen-bond donors (Lipinski definition) is 0. The van der Waals surface area contributed by atoms with Gasteiger partial charge >= 0.3 is 0 Å². The maximum absolute atomic E-state index is 12.5. The SMILES string of the molecule is O=C1c2cccnc2N(N2CCCCC2)C2=NCCN12. The van der Waals surface area contributed by atoms with Gasteiger partial charge < -0.3 is 0 Å². The van der Waals surface area contributed by atoms with Crippen molar-refractivity contribution in [3.63, 3.8) is 0 Å². The Labute approximate surface area is 117 Å². The highest BCUT2D eigenvalue weighted by Gasteiger charge is 2.40. The summed E-state index contributed by atoms with van der Waals surface area (Å²) in [4.78, 5) is 23.2. The molecule has 0 unspecified atom stereocenters. The summed E-state index contributed by atoms with van der Waals surface area (Å²) in [5.41, 5.74) is 0.680. The van der Waals surface area contributed by atoms with Crippen LogP contribution < -0.4 is 5.01 Å². The van der Waals surface area contributed by atoms with Crippen LogP contribution in [0.15, 0.2) is 23.3 Å². The average molecular weight is 271 g/mol. The predicted octanol–water partition coefficient (Wildman–Crippen LogP) is 1.11. The third-order valence-electron chi connectivity index (χ3n) is 4.09. The molecular formula is C14H17N5O. The second kappa shape index (κ2) is 4.56. The fraction of sp³-hybridized carbons (Fsp3) is 0.500. The van der Waals surface area contributed by atoms with E-state index in [4.69, 9.17) is 0 Å². The number of piperidine rings is 1. The molecule has 3 aliphatic rings. The maximum Gasteiger partial charge on any atom is 0.264 e. The number of hydrogen-bond acceptors (Lipinski definition) is 5. The number of fused-ring (bicyclic) bond motifs is 2. The van der Waals surface area contributed by atoms with Crippen molar-refractivity contribution in [2.75, 3.05) is 31.2 Å². The van der Waals surface area contributed by atoms with Gasteiger partial charge in [-0.3, -0.25) is 9.69 Å². The second-order valence-corrected chi connectivity index (χ2v) is 5.34. The third kappa shape index (κ3) is 1.64. The molecule has 0 atom stereocenters. The van der Waals surface area contributed by atoms with Crippen molar-refractivity contribution >= 4 is 17.7 Å². The highest BCUT2D eigenvalue weighted by Crippen LogP contribution is 2.30. The first-order chi connectivity index (χ1) is 9.86. The van der Waals surface area contributed by atoms with E-state index in [-0.39, 0.29) is 5.91 Å². The minimum absolute atomic E-state index is 0.0256. The number of carbonyl (C=O) groups excluding carboxylic acids is 1. The van der Waals surface area contributed by atoms with Crippen molar-refractivity contribution in [1.82, 2.24) is 14.9 Å². The van der Waals surface area contributed by atoms with Gasteiger partial charge in [0, 0.05) is 25.8 Å². The summed E-state index contributed by atoms with van der Waals surface area (Å²) in [6.07, 6.45) is 5.38. The molecule has 4 rings (SSSR count). The number of pyridine rings is 1. The topological polar surface area (TPSA) is 52.0 Å². The number of nitrogens with zero attached hydrogens (tertiary/aromatic N) is 5. The molecule has 3 aliphatic heterocycles. The number of carbonyl (C=O) groups is 1. The summed E-state index contributed by atoms with van der Waals surface area (Å²) in [5, 5.41) is 4.34. The lowest BCUT2D eigenvalue weighted by Crippen LogP contribution is -2.58. The molecule has 0 saturated carbocycles. The molecule has 20 heavy (non-hydrogen) atoms. The Bertz CT molecular complexity index is 579. The van der Waals surface area contributed by atoms with Gasteiger partial charge in [0.15, 0.2) is 5.82 Å². The van der Waals surface area contributed by atoms with Crippen molar-refractivity contribution in [2.24, 2.45) is 4.99 Å². The lowest BCUT2D eigenvalue weighted by atomic mass is 10.1. The molecule has 104 valence electrons. The third-order valence-corrected chi connectivity index (χ3v) is 4.09. The Hall–Kier alpha value is -1.95. The number of amides is 1. The first-order valence-corrected chi connectivity index (χ1v) is 7.22. The molecule has 1 aromatic heterocycles. The van der Waals surface area contributed by atoms with Gasteiger partial charge in [0.05, 0.1) is 12.1 Å². The molecule has 1 amide bonds. The molecule has 1 fully saturated rings. The molecule has 6 heteroatoms. The predicted molar refractivity (Wildman–Crippen MR) is 75.5 cm³/mol. The zero-order chi connectivity index (χ0) is 13.5. The first kappa shape index (κ1) is 11.8. The van der Waals surface area contributed by atoms with Crippen LogP contribution in [0, 0.1) is 0 Å². The van der Waals surface area contributed by atoms with Gasteiger partial charge in [0.1, 0.15) is 0 Å². The zero-order valence-corrected chi connectivity index (χ0v) is 11.3. The summed E-state index contributed by atoms with van der Waals surface area (Å²) in [5.74, 6) is 1.51. The quantitative estimate of drug-likeness (QED) is 0.768. The van der Waals surface area contributed by atoms with E-state index in [2.05, 4.69) is 20.0 Å². The second-order valence-electron chi connectivity index (χ2n) is 5.34. The van der Waals surface area contributed by atoms with Crippen LogP contribution in [-0.4, -0.2) is 52.9 Å². The van der Waals surface area contributed by atoms with Crippen molar-refractivity contribution in [3.05, 3.63) is 23.9 Å². The summed E-state index contributed by atoms with van der Waals surface area (Å²) in [7, 11) is 0. The van der Waals surface area contributed by atoms with Gasteiger partial charge in [-0.05, 0) is 25.0 Å². The van der Waals surface area contributed by atoms with E-state index in [9.17, 15) is 4.79 Å². The largest absolute Gasteiger partial charge is 0.275 e. The Kier molecular flexibility index (Phi) is 2.70. The monoisotopic (exact) mass is 271 g/mol.